The van der Waals surface area contributed by atoms with Crippen LogP contribution in [-0.2, 0) is 0 Å². The van der Waals surface area contributed by atoms with Gasteiger partial charge in [0.25, 0.3) is 0 Å². The highest BCUT2D eigenvalue weighted by atomic mass is 14.9. The molecule has 0 bridgehead atoms. The van der Waals surface area contributed by atoms with E-state index in [0.29, 0.717) is 0 Å². The van der Waals surface area contributed by atoms with Gasteiger partial charge in [0.1, 0.15) is 0 Å². The molecule has 1 nitrogen and oxygen atoms in total. The topological polar surface area (TPSA) is 12.0 Å². The lowest BCUT2D eigenvalue weighted by Crippen LogP contribution is -2.16. The monoisotopic (exact) mass is 227 g/mol. The second kappa shape index (κ2) is 5.05. The van der Waals surface area contributed by atoms with Gasteiger partial charge in [-0.2, -0.15) is 0 Å². The van der Waals surface area contributed by atoms with E-state index in [0.717, 1.165) is 24.4 Å². The second-order valence-electron chi connectivity index (χ2n) is 5.36. The summed E-state index contributed by atoms with van der Waals surface area (Å²) in [5.74, 6) is 1.60. The van der Waals surface area contributed by atoms with E-state index in [1.165, 1.54) is 31.2 Å². The summed E-state index contributed by atoms with van der Waals surface area (Å²) in [6, 6.07) is 11.8. The number of allylic oxidation sites excluding steroid dienone is 1. The first-order chi connectivity index (χ1) is 8.43. The average Bonchev–Trinajstić information content (AvgIpc) is 3.25. The summed E-state index contributed by atoms with van der Waals surface area (Å²) in [5, 5.41) is 3.54. The van der Waals surface area contributed by atoms with Crippen LogP contribution in [0.2, 0.25) is 0 Å². The smallest absolute Gasteiger partial charge is 0.00683 e. The van der Waals surface area contributed by atoms with Gasteiger partial charge >= 0.3 is 0 Å². The van der Waals surface area contributed by atoms with Gasteiger partial charge in [-0.3, -0.25) is 0 Å². The Balaban J connectivity index is 1.38. The normalized spacial score (nSPS) is 27.5. The highest BCUT2D eigenvalue weighted by molar-refractivity contribution is 5.28. The predicted octanol–water partition coefficient (Wildman–Crippen LogP) is 3.49. The molecule has 2 unspecified atom stereocenters. The summed E-state index contributed by atoms with van der Waals surface area (Å²) in [6.45, 7) is 1.16. The standard InChI is InChI=1S/C16H21N/c1-2-6-13(7-3-1)16-12-14(16)8-4-5-11-17-15-9-10-15/h1-4,6-8,14-17H,5,9-12H2/b8-4+. The summed E-state index contributed by atoms with van der Waals surface area (Å²) in [6.07, 6.45) is 10.1. The van der Waals surface area contributed by atoms with E-state index in [9.17, 15) is 0 Å². The Labute approximate surface area is 104 Å². The van der Waals surface area contributed by atoms with Crippen LogP contribution in [-0.4, -0.2) is 12.6 Å². The maximum atomic E-state index is 3.54. The van der Waals surface area contributed by atoms with Crippen molar-refractivity contribution in [2.45, 2.75) is 37.6 Å². The maximum Gasteiger partial charge on any atom is 0.00683 e. The third-order valence-electron chi connectivity index (χ3n) is 3.77. The van der Waals surface area contributed by atoms with Crippen molar-refractivity contribution in [3.05, 3.63) is 48.0 Å². The molecule has 0 radical (unpaired) electrons. The van der Waals surface area contributed by atoms with E-state index in [1.54, 1.807) is 0 Å². The molecule has 1 N–H and O–H groups in total. The fourth-order valence-corrected chi connectivity index (χ4v) is 2.44. The van der Waals surface area contributed by atoms with Crippen molar-refractivity contribution >= 4 is 0 Å². The number of benzene rings is 1. The second-order valence-corrected chi connectivity index (χ2v) is 5.36. The molecule has 2 aliphatic carbocycles. The first kappa shape index (κ1) is 11.0. The molecule has 3 rings (SSSR count). The predicted molar refractivity (Wildman–Crippen MR) is 72.1 cm³/mol. The highest BCUT2D eigenvalue weighted by Gasteiger charge is 2.35. The zero-order valence-electron chi connectivity index (χ0n) is 10.3. The molecule has 1 aromatic carbocycles. The number of nitrogens with one attached hydrogen (secondary N) is 1. The first-order valence-corrected chi connectivity index (χ1v) is 6.88. The third-order valence-corrected chi connectivity index (χ3v) is 3.77. The Morgan fingerprint density at radius 1 is 1.18 bits per heavy atom. The number of hydrogen-bond donors (Lipinski definition) is 1. The third kappa shape index (κ3) is 3.19. The van der Waals surface area contributed by atoms with Gasteiger partial charge in [-0.05, 0) is 49.6 Å². The van der Waals surface area contributed by atoms with Gasteiger partial charge < -0.3 is 5.32 Å². The molecule has 17 heavy (non-hydrogen) atoms. The lowest BCUT2D eigenvalue weighted by molar-refractivity contribution is 0.689. The van der Waals surface area contributed by atoms with Crippen LogP contribution in [0, 0.1) is 5.92 Å². The van der Waals surface area contributed by atoms with Gasteiger partial charge in [0.2, 0.25) is 0 Å². The van der Waals surface area contributed by atoms with Crippen molar-refractivity contribution in [3.63, 3.8) is 0 Å². The summed E-state index contributed by atoms with van der Waals surface area (Å²) in [7, 11) is 0. The molecule has 90 valence electrons. The molecular formula is C16H21N. The molecule has 0 saturated heterocycles. The molecule has 0 spiro atoms. The van der Waals surface area contributed by atoms with Gasteiger partial charge in [0.15, 0.2) is 0 Å². The molecule has 2 atom stereocenters. The minimum absolute atomic E-state index is 0.795. The largest absolute Gasteiger partial charge is 0.314 e. The fourth-order valence-electron chi connectivity index (χ4n) is 2.44. The summed E-state index contributed by atoms with van der Waals surface area (Å²) >= 11 is 0. The zero-order chi connectivity index (χ0) is 11.5. The van der Waals surface area contributed by atoms with Gasteiger partial charge in [0, 0.05) is 6.04 Å². The van der Waals surface area contributed by atoms with E-state index in [-0.39, 0.29) is 0 Å². The first-order valence-electron chi connectivity index (χ1n) is 6.88. The molecule has 2 aliphatic rings. The molecule has 0 heterocycles. The lowest BCUT2D eigenvalue weighted by Gasteiger charge is -1.98. The minimum atomic E-state index is 0.795. The van der Waals surface area contributed by atoms with Crippen LogP contribution in [0.25, 0.3) is 0 Å². The minimum Gasteiger partial charge on any atom is -0.314 e. The van der Waals surface area contributed by atoms with E-state index in [1.807, 2.05) is 0 Å². The Kier molecular flexibility index (Phi) is 3.28. The van der Waals surface area contributed by atoms with Gasteiger partial charge in [-0.15, -0.1) is 0 Å². The Morgan fingerprint density at radius 3 is 2.76 bits per heavy atom. The van der Waals surface area contributed by atoms with Crippen molar-refractivity contribution in [1.29, 1.82) is 0 Å². The molecule has 0 aromatic heterocycles. The Morgan fingerprint density at radius 2 is 2.00 bits per heavy atom. The fraction of sp³-hybridized carbons (Fsp3) is 0.500. The molecule has 0 aliphatic heterocycles. The number of rotatable bonds is 6. The summed E-state index contributed by atoms with van der Waals surface area (Å²) < 4.78 is 0. The highest BCUT2D eigenvalue weighted by Crippen LogP contribution is 2.48. The van der Waals surface area contributed by atoms with E-state index < -0.39 is 0 Å². The van der Waals surface area contributed by atoms with E-state index >= 15 is 0 Å². The lowest BCUT2D eigenvalue weighted by atomic mass is 10.1. The van der Waals surface area contributed by atoms with Crippen LogP contribution in [0.1, 0.15) is 37.2 Å². The van der Waals surface area contributed by atoms with E-state index in [2.05, 4.69) is 47.8 Å². The van der Waals surface area contributed by atoms with Crippen molar-refractivity contribution in [3.8, 4) is 0 Å². The maximum absolute atomic E-state index is 3.54. The van der Waals surface area contributed by atoms with Gasteiger partial charge in [-0.25, -0.2) is 0 Å². The average molecular weight is 227 g/mol. The molecule has 1 aromatic rings. The van der Waals surface area contributed by atoms with Crippen molar-refractivity contribution in [2.24, 2.45) is 5.92 Å². The van der Waals surface area contributed by atoms with Crippen molar-refractivity contribution < 1.29 is 0 Å². The van der Waals surface area contributed by atoms with Crippen LogP contribution in [0.4, 0.5) is 0 Å². The summed E-state index contributed by atoms with van der Waals surface area (Å²) in [5.41, 5.74) is 1.51. The van der Waals surface area contributed by atoms with E-state index in [4.69, 9.17) is 0 Å². The molecule has 1 heteroatoms. The van der Waals surface area contributed by atoms with Crippen LogP contribution >= 0.6 is 0 Å². The van der Waals surface area contributed by atoms with Crippen LogP contribution in [0.3, 0.4) is 0 Å². The van der Waals surface area contributed by atoms with Crippen LogP contribution < -0.4 is 5.32 Å². The number of hydrogen-bond acceptors (Lipinski definition) is 1. The molecule has 2 saturated carbocycles. The quantitative estimate of drug-likeness (QED) is 0.579. The van der Waals surface area contributed by atoms with Crippen molar-refractivity contribution in [2.75, 3.05) is 6.54 Å². The Bertz CT molecular complexity index is 378. The zero-order valence-corrected chi connectivity index (χ0v) is 10.3. The van der Waals surface area contributed by atoms with Crippen LogP contribution in [0.5, 0.6) is 0 Å². The molecule has 0 amide bonds. The summed E-state index contributed by atoms with van der Waals surface area (Å²) in [4.78, 5) is 0. The van der Waals surface area contributed by atoms with Gasteiger partial charge in [0.05, 0.1) is 0 Å². The molecular weight excluding hydrogens is 206 g/mol. The van der Waals surface area contributed by atoms with Gasteiger partial charge in [-0.1, -0.05) is 42.5 Å². The SMILES string of the molecule is C(=C\C1CC1c1ccccc1)/CCNC1CC1. The molecule has 2 fully saturated rings. The van der Waals surface area contributed by atoms with Crippen molar-refractivity contribution in [1.82, 2.24) is 5.32 Å². The Hall–Kier alpha value is -1.08. The van der Waals surface area contributed by atoms with Crippen LogP contribution in [0.15, 0.2) is 42.5 Å².